The van der Waals surface area contributed by atoms with Crippen molar-refractivity contribution in [2.24, 2.45) is 5.10 Å². The van der Waals surface area contributed by atoms with Gasteiger partial charge in [-0.2, -0.15) is 5.10 Å². The average Bonchev–Trinajstić information content (AvgIpc) is 3.17. The van der Waals surface area contributed by atoms with Gasteiger partial charge in [0.1, 0.15) is 0 Å². The Kier molecular flexibility index (Phi) is 4.14. The maximum atomic E-state index is 6.01. The third-order valence-corrected chi connectivity index (χ3v) is 4.03. The smallest absolute Gasteiger partial charge is 0.0991 e. The lowest BCUT2D eigenvalue weighted by molar-refractivity contribution is 1.06. The molecule has 4 aromatic rings. The number of imidazole rings is 1. The van der Waals surface area contributed by atoms with Gasteiger partial charge in [0.2, 0.25) is 0 Å². The van der Waals surface area contributed by atoms with Crippen LogP contribution in [-0.4, -0.2) is 20.7 Å². The van der Waals surface area contributed by atoms with E-state index in [4.69, 9.17) is 11.6 Å². The van der Waals surface area contributed by atoms with Gasteiger partial charge in [0.15, 0.2) is 0 Å². The van der Waals surface area contributed by atoms with E-state index in [0.717, 1.165) is 27.8 Å². The second-order valence-corrected chi connectivity index (χ2v) is 5.89. The molecule has 122 valence electrons. The summed E-state index contributed by atoms with van der Waals surface area (Å²) in [5, 5.41) is 5.96. The summed E-state index contributed by atoms with van der Waals surface area (Å²) in [6.45, 7) is 0. The first-order valence-electron chi connectivity index (χ1n) is 7.71. The Balaban J connectivity index is 1.51. The molecule has 4 rings (SSSR count). The predicted octanol–water partition coefficient (Wildman–Crippen LogP) is 4.52. The lowest BCUT2D eigenvalue weighted by Gasteiger charge is -2.05. The van der Waals surface area contributed by atoms with Gasteiger partial charge in [-0.1, -0.05) is 23.7 Å². The molecule has 0 fully saturated rings. The van der Waals surface area contributed by atoms with E-state index in [-0.39, 0.29) is 0 Å². The van der Waals surface area contributed by atoms with Crippen molar-refractivity contribution in [3.8, 4) is 5.69 Å². The zero-order valence-electron chi connectivity index (χ0n) is 13.2. The van der Waals surface area contributed by atoms with E-state index in [1.165, 1.54) is 0 Å². The summed E-state index contributed by atoms with van der Waals surface area (Å²) in [5.41, 5.74) is 6.84. The molecule has 0 saturated carbocycles. The van der Waals surface area contributed by atoms with Crippen LogP contribution in [0.5, 0.6) is 0 Å². The molecule has 2 aromatic heterocycles. The van der Waals surface area contributed by atoms with Crippen LogP contribution in [0.3, 0.4) is 0 Å². The second-order valence-electron chi connectivity index (χ2n) is 5.45. The molecule has 0 saturated heterocycles. The van der Waals surface area contributed by atoms with Gasteiger partial charge in [0.25, 0.3) is 0 Å². The van der Waals surface area contributed by atoms with Crippen LogP contribution in [0.15, 0.2) is 78.6 Å². The lowest BCUT2D eigenvalue weighted by Crippen LogP contribution is -1.94. The van der Waals surface area contributed by atoms with Crippen molar-refractivity contribution >= 4 is 34.4 Å². The van der Waals surface area contributed by atoms with E-state index in [1.54, 1.807) is 24.9 Å². The number of benzene rings is 2. The number of nitrogens with one attached hydrogen (secondary N) is 1. The van der Waals surface area contributed by atoms with Gasteiger partial charge in [0.05, 0.1) is 23.7 Å². The van der Waals surface area contributed by atoms with E-state index >= 15 is 0 Å². The van der Waals surface area contributed by atoms with Crippen molar-refractivity contribution in [3.63, 3.8) is 0 Å². The normalized spacial score (nSPS) is 11.2. The van der Waals surface area contributed by atoms with Gasteiger partial charge in [0, 0.05) is 34.7 Å². The first-order chi connectivity index (χ1) is 12.3. The summed E-state index contributed by atoms with van der Waals surface area (Å²) in [6, 6.07) is 15.5. The van der Waals surface area contributed by atoms with Crippen LogP contribution in [-0.2, 0) is 0 Å². The minimum absolute atomic E-state index is 0.665. The van der Waals surface area contributed by atoms with Crippen LogP contribution >= 0.6 is 11.6 Å². The molecule has 25 heavy (non-hydrogen) atoms. The van der Waals surface area contributed by atoms with E-state index in [0.29, 0.717) is 5.02 Å². The maximum Gasteiger partial charge on any atom is 0.0991 e. The monoisotopic (exact) mass is 347 g/mol. The second kappa shape index (κ2) is 6.75. The van der Waals surface area contributed by atoms with Crippen LogP contribution < -0.4 is 5.43 Å². The number of halogens is 1. The summed E-state index contributed by atoms with van der Waals surface area (Å²) >= 11 is 6.01. The number of hydrazone groups is 1. The van der Waals surface area contributed by atoms with Gasteiger partial charge in [-0.25, -0.2) is 4.98 Å². The molecular formula is C19H14ClN5. The summed E-state index contributed by atoms with van der Waals surface area (Å²) in [7, 11) is 0. The first kappa shape index (κ1) is 15.4. The Morgan fingerprint density at radius 2 is 1.92 bits per heavy atom. The molecular weight excluding hydrogens is 334 g/mol. The van der Waals surface area contributed by atoms with Crippen molar-refractivity contribution < 1.29 is 0 Å². The van der Waals surface area contributed by atoms with Crippen molar-refractivity contribution in [1.29, 1.82) is 0 Å². The number of fused-ring (bicyclic) bond motifs is 1. The average molecular weight is 348 g/mol. The highest BCUT2D eigenvalue weighted by Gasteiger charge is 2.01. The Morgan fingerprint density at radius 1 is 1.04 bits per heavy atom. The number of aromatic nitrogens is 3. The fraction of sp³-hybridized carbons (Fsp3) is 0. The number of anilines is 1. The molecule has 2 aromatic carbocycles. The van der Waals surface area contributed by atoms with E-state index in [1.807, 2.05) is 59.3 Å². The molecule has 5 nitrogen and oxygen atoms in total. The van der Waals surface area contributed by atoms with Gasteiger partial charge in [-0.05, 0) is 42.0 Å². The third kappa shape index (κ3) is 3.36. The molecule has 0 atom stereocenters. The summed E-state index contributed by atoms with van der Waals surface area (Å²) in [6.07, 6.45) is 8.94. The maximum absolute atomic E-state index is 6.01. The molecule has 0 aliphatic rings. The standard InChI is InChI=1S/C19H14ClN5/c20-15-3-6-17-18(7-8-22-19(17)11-15)24-23-12-14-1-4-16(5-2-14)25-10-9-21-13-25/h1-13H,(H,22,24). The molecule has 0 aliphatic heterocycles. The number of rotatable bonds is 4. The Bertz CT molecular complexity index is 1020. The number of hydrogen-bond donors (Lipinski definition) is 1. The van der Waals surface area contributed by atoms with E-state index < -0.39 is 0 Å². The molecule has 0 bridgehead atoms. The van der Waals surface area contributed by atoms with Crippen LogP contribution in [0, 0.1) is 0 Å². The minimum Gasteiger partial charge on any atom is -0.306 e. The molecule has 2 heterocycles. The van der Waals surface area contributed by atoms with Gasteiger partial charge >= 0.3 is 0 Å². The van der Waals surface area contributed by atoms with Crippen molar-refractivity contribution in [3.05, 3.63) is 84.0 Å². The molecule has 1 N–H and O–H groups in total. The van der Waals surface area contributed by atoms with Gasteiger partial charge in [-0.3, -0.25) is 10.4 Å². The zero-order valence-corrected chi connectivity index (χ0v) is 13.9. The highest BCUT2D eigenvalue weighted by Crippen LogP contribution is 2.24. The molecule has 0 unspecified atom stereocenters. The summed E-state index contributed by atoms with van der Waals surface area (Å²) in [4.78, 5) is 8.37. The molecule has 6 heteroatoms. The molecule has 0 aliphatic carbocycles. The predicted molar refractivity (Wildman–Crippen MR) is 102 cm³/mol. The number of hydrogen-bond acceptors (Lipinski definition) is 4. The van der Waals surface area contributed by atoms with E-state index in [2.05, 4.69) is 20.5 Å². The number of nitrogens with zero attached hydrogens (tertiary/aromatic N) is 4. The SMILES string of the molecule is Clc1ccc2c(NN=Cc3ccc(-n4ccnc4)cc3)ccnc2c1. The first-order valence-corrected chi connectivity index (χ1v) is 8.09. The quantitative estimate of drug-likeness (QED) is 0.436. The largest absolute Gasteiger partial charge is 0.306 e. The molecule has 0 amide bonds. The van der Waals surface area contributed by atoms with Crippen LogP contribution in [0.2, 0.25) is 5.02 Å². The van der Waals surface area contributed by atoms with Crippen molar-refractivity contribution in [1.82, 2.24) is 14.5 Å². The van der Waals surface area contributed by atoms with Crippen molar-refractivity contribution in [2.75, 3.05) is 5.43 Å². The molecule has 0 radical (unpaired) electrons. The fourth-order valence-electron chi connectivity index (χ4n) is 2.54. The third-order valence-electron chi connectivity index (χ3n) is 3.80. The lowest BCUT2D eigenvalue weighted by atomic mass is 10.2. The van der Waals surface area contributed by atoms with Crippen LogP contribution in [0.4, 0.5) is 5.69 Å². The van der Waals surface area contributed by atoms with Gasteiger partial charge in [-0.15, -0.1) is 0 Å². The topological polar surface area (TPSA) is 55.1 Å². The Morgan fingerprint density at radius 3 is 2.72 bits per heavy atom. The van der Waals surface area contributed by atoms with Crippen LogP contribution in [0.25, 0.3) is 16.6 Å². The fourth-order valence-corrected chi connectivity index (χ4v) is 2.71. The van der Waals surface area contributed by atoms with E-state index in [9.17, 15) is 0 Å². The number of pyridine rings is 1. The Labute approximate surface area is 149 Å². The summed E-state index contributed by atoms with van der Waals surface area (Å²) in [5.74, 6) is 0. The zero-order chi connectivity index (χ0) is 17.1. The highest BCUT2D eigenvalue weighted by atomic mass is 35.5. The van der Waals surface area contributed by atoms with Crippen molar-refractivity contribution in [2.45, 2.75) is 0 Å². The van der Waals surface area contributed by atoms with Gasteiger partial charge < -0.3 is 4.57 Å². The highest BCUT2D eigenvalue weighted by molar-refractivity contribution is 6.31. The summed E-state index contributed by atoms with van der Waals surface area (Å²) < 4.78 is 1.95. The Hall–Kier alpha value is -3.18. The molecule has 0 spiro atoms. The van der Waals surface area contributed by atoms with Crippen LogP contribution in [0.1, 0.15) is 5.56 Å². The minimum atomic E-state index is 0.665.